The van der Waals surface area contributed by atoms with Crippen molar-refractivity contribution in [2.24, 2.45) is 0 Å². The second-order valence-electron chi connectivity index (χ2n) is 4.78. The Hall–Kier alpha value is -1.36. The van der Waals surface area contributed by atoms with E-state index in [9.17, 15) is 9.59 Å². The largest absolute Gasteiger partial charge is 0.340 e. The van der Waals surface area contributed by atoms with Gasteiger partial charge in [0.1, 0.15) is 0 Å². The molecule has 1 aromatic carbocycles. The molecule has 0 radical (unpaired) electrons. The third-order valence-electron chi connectivity index (χ3n) is 3.22. The Bertz CT molecular complexity index is 477. The SMILES string of the molecule is CCC(C)N(CCC(=O)Nc1cccc(Br)c1)C(C)=O. The molecule has 0 heterocycles. The Morgan fingerprint density at radius 1 is 1.40 bits per heavy atom. The topological polar surface area (TPSA) is 49.4 Å². The predicted molar refractivity (Wildman–Crippen MR) is 84.5 cm³/mol. The molecule has 5 heteroatoms. The number of anilines is 1. The van der Waals surface area contributed by atoms with Crippen LogP contribution in [0.25, 0.3) is 0 Å². The lowest BCUT2D eigenvalue weighted by Crippen LogP contribution is -2.38. The van der Waals surface area contributed by atoms with Gasteiger partial charge in [0.25, 0.3) is 0 Å². The number of amides is 2. The summed E-state index contributed by atoms with van der Waals surface area (Å²) in [5.74, 6) is -0.0766. The first-order valence-electron chi connectivity index (χ1n) is 6.76. The van der Waals surface area contributed by atoms with Gasteiger partial charge in [0.2, 0.25) is 11.8 Å². The second-order valence-corrected chi connectivity index (χ2v) is 5.69. The number of carbonyl (C=O) groups is 2. The predicted octanol–water partition coefficient (Wildman–Crippen LogP) is 3.42. The van der Waals surface area contributed by atoms with Crippen molar-refractivity contribution in [3.8, 4) is 0 Å². The molecule has 110 valence electrons. The van der Waals surface area contributed by atoms with Crippen molar-refractivity contribution in [1.29, 1.82) is 0 Å². The molecule has 0 saturated heterocycles. The fourth-order valence-corrected chi connectivity index (χ4v) is 2.32. The molecule has 1 N–H and O–H groups in total. The van der Waals surface area contributed by atoms with E-state index in [0.717, 1.165) is 16.6 Å². The van der Waals surface area contributed by atoms with E-state index in [-0.39, 0.29) is 17.9 Å². The van der Waals surface area contributed by atoms with E-state index in [4.69, 9.17) is 0 Å². The standard InChI is InChI=1S/C15H21BrN2O2/c1-4-11(2)18(12(3)19)9-8-15(20)17-14-7-5-6-13(16)10-14/h5-7,10-11H,4,8-9H2,1-3H3,(H,17,20). The Morgan fingerprint density at radius 3 is 2.65 bits per heavy atom. The van der Waals surface area contributed by atoms with Crippen LogP contribution in [-0.4, -0.2) is 29.3 Å². The number of nitrogens with one attached hydrogen (secondary N) is 1. The maximum absolute atomic E-state index is 11.9. The van der Waals surface area contributed by atoms with Gasteiger partial charge in [-0.2, -0.15) is 0 Å². The van der Waals surface area contributed by atoms with E-state index in [1.54, 1.807) is 11.8 Å². The van der Waals surface area contributed by atoms with Gasteiger partial charge in [-0.05, 0) is 31.5 Å². The summed E-state index contributed by atoms with van der Waals surface area (Å²) in [6, 6.07) is 7.60. The van der Waals surface area contributed by atoms with E-state index >= 15 is 0 Å². The zero-order valence-electron chi connectivity index (χ0n) is 12.1. The number of halogens is 1. The van der Waals surface area contributed by atoms with Crippen LogP contribution in [0.3, 0.4) is 0 Å². The highest BCUT2D eigenvalue weighted by atomic mass is 79.9. The molecular weight excluding hydrogens is 320 g/mol. The monoisotopic (exact) mass is 340 g/mol. The van der Waals surface area contributed by atoms with Crippen LogP contribution in [0, 0.1) is 0 Å². The number of hydrogen-bond acceptors (Lipinski definition) is 2. The first-order chi connectivity index (χ1) is 9.43. The highest BCUT2D eigenvalue weighted by Crippen LogP contribution is 2.16. The summed E-state index contributed by atoms with van der Waals surface area (Å²) in [6.07, 6.45) is 1.18. The Kier molecular flexibility index (Phi) is 6.71. The molecule has 0 spiro atoms. The van der Waals surface area contributed by atoms with Crippen LogP contribution < -0.4 is 5.32 Å². The molecule has 0 aliphatic rings. The fourth-order valence-electron chi connectivity index (χ4n) is 1.92. The minimum atomic E-state index is -0.0855. The first-order valence-corrected chi connectivity index (χ1v) is 7.56. The zero-order valence-corrected chi connectivity index (χ0v) is 13.7. The van der Waals surface area contributed by atoms with Crippen LogP contribution in [-0.2, 0) is 9.59 Å². The molecule has 4 nitrogen and oxygen atoms in total. The lowest BCUT2D eigenvalue weighted by Gasteiger charge is -2.27. The number of carbonyl (C=O) groups excluding carboxylic acids is 2. The van der Waals surface area contributed by atoms with E-state index in [1.807, 2.05) is 38.1 Å². The molecule has 0 saturated carbocycles. The number of hydrogen-bond donors (Lipinski definition) is 1. The molecular formula is C15H21BrN2O2. The van der Waals surface area contributed by atoms with Gasteiger partial charge in [-0.3, -0.25) is 9.59 Å². The summed E-state index contributed by atoms with van der Waals surface area (Å²) in [5.41, 5.74) is 0.752. The van der Waals surface area contributed by atoms with Gasteiger partial charge in [0, 0.05) is 36.1 Å². The average Bonchev–Trinajstić information content (AvgIpc) is 2.38. The van der Waals surface area contributed by atoms with Crippen LogP contribution in [0.15, 0.2) is 28.7 Å². The Labute approximate surface area is 128 Å². The van der Waals surface area contributed by atoms with Crippen molar-refractivity contribution in [3.05, 3.63) is 28.7 Å². The maximum Gasteiger partial charge on any atom is 0.226 e. The summed E-state index contributed by atoms with van der Waals surface area (Å²) in [7, 11) is 0. The van der Waals surface area contributed by atoms with Gasteiger partial charge in [-0.15, -0.1) is 0 Å². The van der Waals surface area contributed by atoms with Gasteiger partial charge in [-0.25, -0.2) is 0 Å². The lowest BCUT2D eigenvalue weighted by molar-refractivity contribution is -0.131. The smallest absolute Gasteiger partial charge is 0.226 e. The maximum atomic E-state index is 11.9. The molecule has 1 rings (SSSR count). The summed E-state index contributed by atoms with van der Waals surface area (Å²) in [5, 5.41) is 2.83. The highest BCUT2D eigenvalue weighted by Gasteiger charge is 2.16. The second kappa shape index (κ2) is 8.04. The zero-order chi connectivity index (χ0) is 15.1. The quantitative estimate of drug-likeness (QED) is 0.862. The average molecular weight is 341 g/mol. The molecule has 1 atom stereocenters. The Morgan fingerprint density at radius 2 is 2.10 bits per heavy atom. The van der Waals surface area contributed by atoms with Crippen molar-refractivity contribution in [3.63, 3.8) is 0 Å². The fraction of sp³-hybridized carbons (Fsp3) is 0.467. The van der Waals surface area contributed by atoms with Crippen molar-refractivity contribution >= 4 is 33.4 Å². The molecule has 0 fully saturated rings. The van der Waals surface area contributed by atoms with E-state index in [2.05, 4.69) is 21.2 Å². The molecule has 0 bridgehead atoms. The molecule has 0 aliphatic carbocycles. The Balaban J connectivity index is 2.52. The molecule has 20 heavy (non-hydrogen) atoms. The van der Waals surface area contributed by atoms with Gasteiger partial charge < -0.3 is 10.2 Å². The number of rotatable bonds is 6. The minimum absolute atomic E-state index is 0.00889. The van der Waals surface area contributed by atoms with Crippen molar-refractivity contribution in [1.82, 2.24) is 4.90 Å². The van der Waals surface area contributed by atoms with Crippen molar-refractivity contribution < 1.29 is 9.59 Å². The summed E-state index contributed by atoms with van der Waals surface area (Å²) < 4.78 is 0.917. The molecule has 1 aromatic rings. The highest BCUT2D eigenvalue weighted by molar-refractivity contribution is 9.10. The van der Waals surface area contributed by atoms with E-state index in [0.29, 0.717) is 13.0 Å². The third kappa shape index (κ3) is 5.33. The molecule has 2 amide bonds. The van der Waals surface area contributed by atoms with Crippen molar-refractivity contribution in [2.45, 2.75) is 39.7 Å². The first kappa shape index (κ1) is 16.7. The van der Waals surface area contributed by atoms with E-state index in [1.165, 1.54) is 0 Å². The van der Waals surface area contributed by atoms with Crippen LogP contribution in [0.1, 0.15) is 33.6 Å². The van der Waals surface area contributed by atoms with Crippen molar-refractivity contribution in [2.75, 3.05) is 11.9 Å². The van der Waals surface area contributed by atoms with Crippen LogP contribution >= 0.6 is 15.9 Å². The number of nitrogens with zero attached hydrogens (tertiary/aromatic N) is 1. The van der Waals surface area contributed by atoms with Gasteiger partial charge in [0.05, 0.1) is 0 Å². The third-order valence-corrected chi connectivity index (χ3v) is 3.71. The summed E-state index contributed by atoms with van der Waals surface area (Å²) in [6.45, 7) is 6.01. The van der Waals surface area contributed by atoms with E-state index < -0.39 is 0 Å². The molecule has 0 aromatic heterocycles. The van der Waals surface area contributed by atoms with Gasteiger partial charge >= 0.3 is 0 Å². The number of benzene rings is 1. The summed E-state index contributed by atoms with van der Waals surface area (Å²) >= 11 is 3.36. The molecule has 1 unspecified atom stereocenters. The molecule has 0 aliphatic heterocycles. The van der Waals surface area contributed by atoms with Crippen LogP contribution in [0.2, 0.25) is 0 Å². The van der Waals surface area contributed by atoms with Crippen LogP contribution in [0.5, 0.6) is 0 Å². The minimum Gasteiger partial charge on any atom is -0.340 e. The normalized spacial score (nSPS) is 11.8. The lowest BCUT2D eigenvalue weighted by atomic mass is 10.2. The van der Waals surface area contributed by atoms with Crippen LogP contribution in [0.4, 0.5) is 5.69 Å². The van der Waals surface area contributed by atoms with Gasteiger partial charge in [-0.1, -0.05) is 28.9 Å². The van der Waals surface area contributed by atoms with Gasteiger partial charge in [0.15, 0.2) is 0 Å². The summed E-state index contributed by atoms with van der Waals surface area (Å²) in [4.78, 5) is 25.2.